The van der Waals surface area contributed by atoms with Crippen molar-refractivity contribution in [2.45, 2.75) is 26.8 Å². The SMILES string of the molecule is CC(C#Cc1ccc(Cl)c(Cl)c1)NC(=O)N1CCN(C(=O)C(C)C)CC1. The van der Waals surface area contributed by atoms with E-state index in [0.29, 0.717) is 36.2 Å². The third kappa shape index (κ3) is 5.55. The molecule has 0 spiro atoms. The van der Waals surface area contributed by atoms with Crippen LogP contribution in [0.15, 0.2) is 18.2 Å². The molecule has 7 heteroatoms. The summed E-state index contributed by atoms with van der Waals surface area (Å²) in [5.74, 6) is 6.07. The van der Waals surface area contributed by atoms with E-state index in [1.807, 2.05) is 25.7 Å². The second kappa shape index (κ2) is 9.16. The third-order valence-corrected chi connectivity index (χ3v) is 4.80. The number of nitrogens with zero attached hydrogens (tertiary/aromatic N) is 2. The van der Waals surface area contributed by atoms with Gasteiger partial charge in [-0.2, -0.15) is 0 Å². The Balaban J connectivity index is 1.85. The zero-order valence-corrected chi connectivity index (χ0v) is 16.7. The Hall–Kier alpha value is -1.90. The number of carbonyl (C=O) groups is 2. The number of nitrogens with one attached hydrogen (secondary N) is 1. The molecule has 0 radical (unpaired) electrons. The van der Waals surface area contributed by atoms with Gasteiger partial charge in [0.05, 0.1) is 16.1 Å². The van der Waals surface area contributed by atoms with E-state index in [1.54, 1.807) is 23.1 Å². The lowest BCUT2D eigenvalue weighted by atomic mass is 10.1. The lowest BCUT2D eigenvalue weighted by Gasteiger charge is -2.35. The first kappa shape index (κ1) is 20.4. The number of hydrogen-bond donors (Lipinski definition) is 1. The second-order valence-electron chi connectivity index (χ2n) is 6.54. The lowest BCUT2D eigenvalue weighted by Crippen LogP contribution is -2.54. The smallest absolute Gasteiger partial charge is 0.318 e. The fourth-order valence-corrected chi connectivity index (χ4v) is 2.87. The molecule has 1 aromatic rings. The first-order valence-corrected chi connectivity index (χ1v) is 9.34. The van der Waals surface area contributed by atoms with Crippen LogP contribution in [0.2, 0.25) is 10.0 Å². The molecule has 1 heterocycles. The maximum Gasteiger partial charge on any atom is 0.318 e. The summed E-state index contributed by atoms with van der Waals surface area (Å²) in [5.41, 5.74) is 0.737. The molecule has 1 unspecified atom stereocenters. The molecular formula is C19H23Cl2N3O2. The summed E-state index contributed by atoms with van der Waals surface area (Å²) >= 11 is 11.8. The van der Waals surface area contributed by atoms with Crippen LogP contribution in [0.25, 0.3) is 0 Å². The van der Waals surface area contributed by atoms with E-state index in [4.69, 9.17) is 23.2 Å². The zero-order valence-electron chi connectivity index (χ0n) is 15.2. The molecule has 140 valence electrons. The predicted molar refractivity (Wildman–Crippen MR) is 104 cm³/mol. The lowest BCUT2D eigenvalue weighted by molar-refractivity contribution is -0.135. The minimum absolute atomic E-state index is 0.0213. The summed E-state index contributed by atoms with van der Waals surface area (Å²) in [4.78, 5) is 27.8. The van der Waals surface area contributed by atoms with Crippen LogP contribution in [0.5, 0.6) is 0 Å². The van der Waals surface area contributed by atoms with Gasteiger partial charge in [-0.05, 0) is 25.1 Å². The normalized spacial score (nSPS) is 15.3. The van der Waals surface area contributed by atoms with E-state index >= 15 is 0 Å². The Bertz CT molecular complexity index is 732. The maximum atomic E-state index is 12.3. The Labute approximate surface area is 164 Å². The van der Waals surface area contributed by atoms with E-state index < -0.39 is 0 Å². The summed E-state index contributed by atoms with van der Waals surface area (Å²) in [7, 11) is 0. The molecule has 1 saturated heterocycles. The molecule has 1 aliphatic heterocycles. The summed E-state index contributed by atoms with van der Waals surface area (Å²) in [6.07, 6.45) is 0. The second-order valence-corrected chi connectivity index (χ2v) is 7.35. The average Bonchev–Trinajstić information content (AvgIpc) is 2.62. The molecule has 3 amide bonds. The molecule has 0 aromatic heterocycles. The van der Waals surface area contributed by atoms with Gasteiger partial charge in [-0.3, -0.25) is 4.79 Å². The molecule has 1 aliphatic rings. The maximum absolute atomic E-state index is 12.3. The minimum atomic E-state index is -0.313. The Morgan fingerprint density at radius 3 is 2.23 bits per heavy atom. The summed E-state index contributed by atoms with van der Waals surface area (Å²) < 4.78 is 0. The van der Waals surface area contributed by atoms with Gasteiger partial charge in [0.15, 0.2) is 0 Å². The average molecular weight is 396 g/mol. The molecule has 0 saturated carbocycles. The first-order chi connectivity index (χ1) is 12.3. The highest BCUT2D eigenvalue weighted by atomic mass is 35.5. The Morgan fingerprint density at radius 2 is 1.65 bits per heavy atom. The van der Waals surface area contributed by atoms with Gasteiger partial charge in [0.1, 0.15) is 0 Å². The van der Waals surface area contributed by atoms with Crippen LogP contribution in [0, 0.1) is 17.8 Å². The fourth-order valence-electron chi connectivity index (χ4n) is 2.57. The monoisotopic (exact) mass is 395 g/mol. The van der Waals surface area contributed by atoms with Gasteiger partial charge < -0.3 is 15.1 Å². The van der Waals surface area contributed by atoms with Gasteiger partial charge >= 0.3 is 6.03 Å². The fraction of sp³-hybridized carbons (Fsp3) is 0.474. The van der Waals surface area contributed by atoms with Crippen molar-refractivity contribution in [3.8, 4) is 11.8 Å². The van der Waals surface area contributed by atoms with Gasteiger partial charge in [0.25, 0.3) is 0 Å². The molecule has 5 nitrogen and oxygen atoms in total. The third-order valence-electron chi connectivity index (χ3n) is 4.07. The predicted octanol–water partition coefficient (Wildman–Crippen LogP) is 3.24. The molecule has 1 aromatic carbocycles. The van der Waals surface area contributed by atoms with Crippen molar-refractivity contribution in [1.82, 2.24) is 15.1 Å². The number of hydrogen-bond acceptors (Lipinski definition) is 2. The number of amides is 3. The molecule has 26 heavy (non-hydrogen) atoms. The van der Waals surface area contributed by atoms with Crippen LogP contribution in [-0.2, 0) is 4.79 Å². The van der Waals surface area contributed by atoms with E-state index in [2.05, 4.69) is 17.2 Å². The highest BCUT2D eigenvalue weighted by Gasteiger charge is 2.25. The van der Waals surface area contributed by atoms with Crippen molar-refractivity contribution in [2.75, 3.05) is 26.2 Å². The largest absolute Gasteiger partial charge is 0.339 e. The number of urea groups is 1. The minimum Gasteiger partial charge on any atom is -0.339 e. The molecule has 1 atom stereocenters. The van der Waals surface area contributed by atoms with Crippen LogP contribution in [0.3, 0.4) is 0 Å². The standard InChI is InChI=1S/C19H23Cl2N3O2/c1-13(2)18(25)23-8-10-24(11-9-23)19(26)22-14(3)4-5-15-6-7-16(20)17(21)12-15/h6-7,12-14H,8-11H2,1-3H3,(H,22,26). The van der Waals surface area contributed by atoms with Gasteiger partial charge in [-0.25, -0.2) is 4.79 Å². The van der Waals surface area contributed by atoms with Crippen molar-refractivity contribution in [2.24, 2.45) is 5.92 Å². The van der Waals surface area contributed by atoms with Gasteiger partial charge in [0.2, 0.25) is 5.91 Å². The molecule has 1 N–H and O–H groups in total. The van der Waals surface area contributed by atoms with Crippen LogP contribution in [-0.4, -0.2) is 54.0 Å². The number of halogens is 2. The van der Waals surface area contributed by atoms with E-state index in [1.165, 1.54) is 0 Å². The quantitative estimate of drug-likeness (QED) is 0.781. The first-order valence-electron chi connectivity index (χ1n) is 8.58. The zero-order chi connectivity index (χ0) is 19.3. The van der Waals surface area contributed by atoms with Gasteiger partial charge in [-0.1, -0.05) is 48.9 Å². The molecule has 1 fully saturated rings. The Morgan fingerprint density at radius 1 is 1.04 bits per heavy atom. The van der Waals surface area contributed by atoms with Crippen molar-refractivity contribution in [1.29, 1.82) is 0 Å². The summed E-state index contributed by atoms with van der Waals surface area (Å²) in [6.45, 7) is 7.77. The molecular weight excluding hydrogens is 373 g/mol. The Kier molecular flexibility index (Phi) is 7.19. The highest BCUT2D eigenvalue weighted by molar-refractivity contribution is 6.42. The molecule has 0 bridgehead atoms. The van der Waals surface area contributed by atoms with Crippen LogP contribution in [0.1, 0.15) is 26.3 Å². The van der Waals surface area contributed by atoms with Gasteiger partial charge in [-0.15, -0.1) is 0 Å². The molecule has 2 rings (SSSR count). The number of benzene rings is 1. The number of carbonyl (C=O) groups excluding carboxylic acids is 2. The van der Waals surface area contributed by atoms with Crippen LogP contribution in [0.4, 0.5) is 4.79 Å². The van der Waals surface area contributed by atoms with Crippen molar-refractivity contribution >= 4 is 35.1 Å². The van der Waals surface area contributed by atoms with Gasteiger partial charge in [0, 0.05) is 37.7 Å². The summed E-state index contributed by atoms with van der Waals surface area (Å²) in [6, 6.07) is 4.68. The van der Waals surface area contributed by atoms with E-state index in [9.17, 15) is 9.59 Å². The van der Waals surface area contributed by atoms with Crippen LogP contribution < -0.4 is 5.32 Å². The van der Waals surface area contributed by atoms with E-state index in [-0.39, 0.29) is 23.9 Å². The van der Waals surface area contributed by atoms with Crippen molar-refractivity contribution in [3.05, 3.63) is 33.8 Å². The molecule has 0 aliphatic carbocycles. The topological polar surface area (TPSA) is 52.7 Å². The number of rotatable bonds is 2. The summed E-state index contributed by atoms with van der Waals surface area (Å²) in [5, 5.41) is 3.79. The van der Waals surface area contributed by atoms with E-state index in [0.717, 1.165) is 5.56 Å². The van der Waals surface area contributed by atoms with Crippen LogP contribution >= 0.6 is 23.2 Å². The van der Waals surface area contributed by atoms with Crippen molar-refractivity contribution < 1.29 is 9.59 Å². The highest BCUT2D eigenvalue weighted by Crippen LogP contribution is 2.22. The van der Waals surface area contributed by atoms with Crippen molar-refractivity contribution in [3.63, 3.8) is 0 Å². The number of piperazine rings is 1.